The van der Waals surface area contributed by atoms with E-state index in [-0.39, 0.29) is 12.3 Å². The maximum absolute atomic E-state index is 12.2. The van der Waals surface area contributed by atoms with Crippen LogP contribution < -0.4 is 10.1 Å². The Kier molecular flexibility index (Phi) is 5.96. The molecular weight excluding hydrogens is 346 g/mol. The highest BCUT2D eigenvalue weighted by Gasteiger charge is 2.10. The van der Waals surface area contributed by atoms with E-state index in [0.717, 1.165) is 21.8 Å². The number of benzene rings is 1. The van der Waals surface area contributed by atoms with Crippen LogP contribution in [0, 0.1) is 6.92 Å². The summed E-state index contributed by atoms with van der Waals surface area (Å²) in [6.07, 6.45) is 1.94. The van der Waals surface area contributed by atoms with Crippen molar-refractivity contribution >= 4 is 17.2 Å². The predicted molar refractivity (Wildman–Crippen MR) is 103 cm³/mol. The van der Waals surface area contributed by atoms with E-state index in [1.54, 1.807) is 17.5 Å². The normalized spacial score (nSPS) is 10.5. The summed E-state index contributed by atoms with van der Waals surface area (Å²) in [5.74, 6) is 0.489. The Balaban J connectivity index is 1.58. The van der Waals surface area contributed by atoms with Gasteiger partial charge < -0.3 is 10.1 Å². The fourth-order valence-corrected chi connectivity index (χ4v) is 3.29. The second-order valence-electron chi connectivity index (χ2n) is 5.86. The lowest BCUT2D eigenvalue weighted by molar-refractivity contribution is -0.120. The molecule has 0 bridgehead atoms. The largest absolute Gasteiger partial charge is 0.478 e. The van der Waals surface area contributed by atoms with Crippen LogP contribution in [-0.2, 0) is 17.8 Å². The molecule has 1 N–H and O–H groups in total. The number of carbonyl (C=O) groups is 1. The highest BCUT2D eigenvalue weighted by molar-refractivity contribution is 7.13. The first-order chi connectivity index (χ1) is 12.7. The Bertz CT molecular complexity index is 875. The minimum atomic E-state index is -0.0722. The number of pyridine rings is 1. The van der Waals surface area contributed by atoms with Crippen LogP contribution in [0.5, 0.6) is 5.88 Å². The molecule has 0 aliphatic carbocycles. The van der Waals surface area contributed by atoms with Gasteiger partial charge in [-0.15, -0.1) is 11.3 Å². The van der Waals surface area contributed by atoms with Crippen molar-refractivity contribution < 1.29 is 9.53 Å². The minimum Gasteiger partial charge on any atom is -0.478 e. The van der Waals surface area contributed by atoms with Crippen molar-refractivity contribution in [3.63, 3.8) is 0 Å². The van der Waals surface area contributed by atoms with E-state index in [0.29, 0.717) is 19.0 Å². The van der Waals surface area contributed by atoms with Crippen molar-refractivity contribution in [2.45, 2.75) is 26.8 Å². The fraction of sp³-hybridized carbons (Fsp3) is 0.250. The maximum atomic E-state index is 12.2. The van der Waals surface area contributed by atoms with Crippen LogP contribution in [0.2, 0.25) is 0 Å². The molecule has 0 fully saturated rings. The number of carbonyl (C=O) groups excluding carboxylic acids is 1. The molecule has 2 heterocycles. The van der Waals surface area contributed by atoms with Gasteiger partial charge in [0.05, 0.1) is 18.7 Å². The van der Waals surface area contributed by atoms with E-state index in [9.17, 15) is 4.79 Å². The van der Waals surface area contributed by atoms with E-state index in [1.807, 2.05) is 24.4 Å². The van der Waals surface area contributed by atoms with Crippen LogP contribution in [0.1, 0.15) is 23.7 Å². The quantitative estimate of drug-likeness (QED) is 0.690. The van der Waals surface area contributed by atoms with Gasteiger partial charge >= 0.3 is 0 Å². The summed E-state index contributed by atoms with van der Waals surface area (Å²) in [5, 5.41) is 5.77. The van der Waals surface area contributed by atoms with Gasteiger partial charge in [0, 0.05) is 29.2 Å². The number of aromatic nitrogens is 2. The third-order valence-electron chi connectivity index (χ3n) is 3.80. The van der Waals surface area contributed by atoms with Crippen molar-refractivity contribution in [2.75, 3.05) is 6.61 Å². The minimum absolute atomic E-state index is 0.0722. The number of hydrogen-bond donors (Lipinski definition) is 1. The lowest BCUT2D eigenvalue weighted by atomic mass is 10.2. The summed E-state index contributed by atoms with van der Waals surface area (Å²) >= 11 is 1.55. The summed E-state index contributed by atoms with van der Waals surface area (Å²) < 4.78 is 5.48. The van der Waals surface area contributed by atoms with Crippen LogP contribution in [0.4, 0.5) is 0 Å². The summed E-state index contributed by atoms with van der Waals surface area (Å²) in [5.41, 5.74) is 3.93. The highest BCUT2D eigenvalue weighted by Crippen LogP contribution is 2.24. The Labute approximate surface area is 157 Å². The molecule has 5 nitrogen and oxygen atoms in total. The van der Waals surface area contributed by atoms with Crippen molar-refractivity contribution in [3.05, 3.63) is 64.8 Å². The zero-order valence-electron chi connectivity index (χ0n) is 14.9. The number of ether oxygens (including phenoxy) is 1. The first-order valence-corrected chi connectivity index (χ1v) is 9.38. The van der Waals surface area contributed by atoms with Gasteiger partial charge in [-0.1, -0.05) is 35.9 Å². The highest BCUT2D eigenvalue weighted by atomic mass is 32.1. The van der Waals surface area contributed by atoms with Crippen molar-refractivity contribution in [1.29, 1.82) is 0 Å². The summed E-state index contributed by atoms with van der Waals surface area (Å²) in [6.45, 7) is 4.89. The Morgan fingerprint density at radius 1 is 1.23 bits per heavy atom. The van der Waals surface area contributed by atoms with E-state index in [1.165, 1.54) is 5.56 Å². The monoisotopic (exact) mass is 367 g/mol. The topological polar surface area (TPSA) is 64.1 Å². The van der Waals surface area contributed by atoms with Crippen molar-refractivity contribution in [2.24, 2.45) is 0 Å². The standard InChI is InChI=1S/C20H21N3O2S/c1-3-25-19-16(5-4-10-21-19)12-22-18(24)11-17-13-26-20(23-17)15-8-6-14(2)7-9-15/h4-10,13H,3,11-12H2,1-2H3,(H,22,24). The molecule has 0 radical (unpaired) electrons. The van der Waals surface area contributed by atoms with Crippen molar-refractivity contribution in [3.8, 4) is 16.5 Å². The maximum Gasteiger partial charge on any atom is 0.226 e. The van der Waals surface area contributed by atoms with E-state index in [2.05, 4.69) is 46.5 Å². The van der Waals surface area contributed by atoms with Crippen LogP contribution in [0.3, 0.4) is 0 Å². The average Bonchev–Trinajstić information content (AvgIpc) is 3.10. The van der Waals surface area contributed by atoms with Gasteiger partial charge in [0.2, 0.25) is 11.8 Å². The zero-order chi connectivity index (χ0) is 18.4. The van der Waals surface area contributed by atoms with Crippen molar-refractivity contribution in [1.82, 2.24) is 15.3 Å². The number of thiazole rings is 1. The van der Waals surface area contributed by atoms with E-state index < -0.39 is 0 Å². The SMILES string of the molecule is CCOc1ncccc1CNC(=O)Cc1csc(-c2ccc(C)cc2)n1. The number of hydrogen-bond acceptors (Lipinski definition) is 5. The van der Waals surface area contributed by atoms with Crippen LogP contribution in [0.25, 0.3) is 10.6 Å². The predicted octanol–water partition coefficient (Wildman–Crippen LogP) is 3.77. The first-order valence-electron chi connectivity index (χ1n) is 8.50. The molecule has 1 aromatic carbocycles. The van der Waals surface area contributed by atoms with Gasteiger partial charge in [0.1, 0.15) is 5.01 Å². The second-order valence-corrected chi connectivity index (χ2v) is 6.72. The number of rotatable bonds is 7. The van der Waals surface area contributed by atoms with Gasteiger partial charge in [-0.25, -0.2) is 9.97 Å². The molecule has 1 amide bonds. The van der Waals surface area contributed by atoms with E-state index >= 15 is 0 Å². The Hall–Kier alpha value is -2.73. The van der Waals surface area contributed by atoms with Crippen LogP contribution >= 0.6 is 11.3 Å². The number of amides is 1. The van der Waals surface area contributed by atoms with Gasteiger partial charge in [-0.05, 0) is 19.9 Å². The molecule has 0 aliphatic rings. The molecule has 6 heteroatoms. The molecule has 0 atom stereocenters. The lowest BCUT2D eigenvalue weighted by Gasteiger charge is -2.09. The van der Waals surface area contributed by atoms with Gasteiger partial charge in [0.25, 0.3) is 0 Å². The number of nitrogens with zero attached hydrogens (tertiary/aromatic N) is 2. The molecule has 0 saturated heterocycles. The summed E-state index contributed by atoms with van der Waals surface area (Å²) in [4.78, 5) is 21.0. The van der Waals surface area contributed by atoms with Gasteiger partial charge in [-0.3, -0.25) is 4.79 Å². The first kappa shape index (κ1) is 18.1. The fourth-order valence-electron chi connectivity index (χ4n) is 2.46. The lowest BCUT2D eigenvalue weighted by Crippen LogP contribution is -2.25. The number of nitrogens with one attached hydrogen (secondary N) is 1. The third kappa shape index (κ3) is 4.67. The molecule has 26 heavy (non-hydrogen) atoms. The molecule has 134 valence electrons. The molecule has 3 rings (SSSR count). The molecular formula is C20H21N3O2S. The molecule has 0 unspecified atom stereocenters. The number of aryl methyl sites for hydroxylation is 1. The molecule has 0 spiro atoms. The smallest absolute Gasteiger partial charge is 0.226 e. The molecule has 0 saturated carbocycles. The zero-order valence-corrected chi connectivity index (χ0v) is 15.7. The van der Waals surface area contributed by atoms with Gasteiger partial charge in [0.15, 0.2) is 0 Å². The van der Waals surface area contributed by atoms with Gasteiger partial charge in [-0.2, -0.15) is 0 Å². The second kappa shape index (κ2) is 8.58. The summed E-state index contributed by atoms with van der Waals surface area (Å²) in [6, 6.07) is 12.0. The molecule has 0 aliphatic heterocycles. The summed E-state index contributed by atoms with van der Waals surface area (Å²) in [7, 11) is 0. The van der Waals surface area contributed by atoms with Crippen LogP contribution in [-0.4, -0.2) is 22.5 Å². The molecule has 3 aromatic rings. The molecule has 2 aromatic heterocycles. The Morgan fingerprint density at radius 3 is 2.81 bits per heavy atom. The third-order valence-corrected chi connectivity index (χ3v) is 4.74. The Morgan fingerprint density at radius 2 is 2.04 bits per heavy atom. The average molecular weight is 367 g/mol. The van der Waals surface area contributed by atoms with E-state index in [4.69, 9.17) is 4.74 Å². The van der Waals surface area contributed by atoms with Crippen LogP contribution in [0.15, 0.2) is 48.0 Å².